The van der Waals surface area contributed by atoms with E-state index in [9.17, 15) is 20.2 Å². The van der Waals surface area contributed by atoms with E-state index in [1.165, 1.54) is 12.1 Å². The van der Waals surface area contributed by atoms with E-state index in [0.29, 0.717) is 5.69 Å². The quantitative estimate of drug-likeness (QED) is 0.612. The predicted molar refractivity (Wildman–Crippen MR) is 104 cm³/mol. The van der Waals surface area contributed by atoms with Crippen molar-refractivity contribution < 1.29 is 9.85 Å². The van der Waals surface area contributed by atoms with Gasteiger partial charge in [0.15, 0.2) is 0 Å². The lowest BCUT2D eigenvalue weighted by atomic mass is 10.1. The highest BCUT2D eigenvalue weighted by Crippen LogP contribution is 2.41. The van der Waals surface area contributed by atoms with Crippen molar-refractivity contribution in [3.8, 4) is 0 Å². The monoisotopic (exact) mass is 380 g/mol. The van der Waals surface area contributed by atoms with Crippen LogP contribution in [0.25, 0.3) is 0 Å². The lowest BCUT2D eigenvalue weighted by molar-refractivity contribution is -0.394. The smallest absolute Gasteiger partial charge is 0.278 e. The Kier molecular flexibility index (Phi) is 4.21. The zero-order valence-corrected chi connectivity index (χ0v) is 14.6. The maximum Gasteiger partial charge on any atom is 0.278 e. The summed E-state index contributed by atoms with van der Waals surface area (Å²) >= 11 is 1.59. The Morgan fingerprint density at radius 3 is 2.44 bits per heavy atom. The summed E-state index contributed by atoms with van der Waals surface area (Å²) in [6, 6.07) is 11.1. The van der Waals surface area contributed by atoms with E-state index in [1.54, 1.807) is 11.8 Å². The number of hydrogen-bond acceptors (Lipinski definition) is 7. The number of fused-ring (bicyclic) bond motifs is 2. The average molecular weight is 380 g/mol. The van der Waals surface area contributed by atoms with E-state index in [0.717, 1.165) is 27.3 Å². The molecule has 2 aliphatic rings. The van der Waals surface area contributed by atoms with Crippen LogP contribution in [0.4, 0.5) is 22.7 Å². The minimum absolute atomic E-state index is 0.265. The number of nitro groups is 2. The number of benzene rings is 2. The van der Waals surface area contributed by atoms with E-state index in [1.807, 2.05) is 42.5 Å². The Morgan fingerprint density at radius 1 is 1.04 bits per heavy atom. The first-order valence-corrected chi connectivity index (χ1v) is 8.77. The number of thioether (sulfide) groups is 1. The maximum atomic E-state index is 11.0. The number of aliphatic imine (C=N–C) groups is 1. The molecule has 0 aromatic heterocycles. The topological polar surface area (TPSA) is 111 Å². The zero-order chi connectivity index (χ0) is 19.0. The van der Waals surface area contributed by atoms with Crippen LogP contribution in [0, 0.1) is 20.2 Å². The van der Waals surface area contributed by atoms with Gasteiger partial charge in [-0.1, -0.05) is 30.0 Å². The fraction of sp³-hybridized carbons (Fsp3) is 0.0556. The second-order valence-electron chi connectivity index (χ2n) is 5.88. The summed E-state index contributed by atoms with van der Waals surface area (Å²) in [5.74, 6) is 0. The summed E-state index contributed by atoms with van der Waals surface area (Å²) in [4.78, 5) is 27.4. The highest BCUT2D eigenvalue weighted by atomic mass is 32.2. The molecule has 9 heteroatoms. The molecular weight excluding hydrogens is 368 g/mol. The molecule has 1 N–H and O–H groups in total. The number of nitro benzene ring substituents is 2. The van der Waals surface area contributed by atoms with Crippen LogP contribution in [0.2, 0.25) is 0 Å². The van der Waals surface area contributed by atoms with Gasteiger partial charge in [-0.05, 0) is 24.3 Å². The van der Waals surface area contributed by atoms with E-state index in [4.69, 9.17) is 0 Å². The van der Waals surface area contributed by atoms with Crippen LogP contribution in [0.3, 0.4) is 0 Å². The summed E-state index contributed by atoms with van der Waals surface area (Å²) < 4.78 is 0. The molecule has 4 rings (SSSR count). The van der Waals surface area contributed by atoms with E-state index < -0.39 is 9.85 Å². The third kappa shape index (κ3) is 3.44. The SMILES string of the molecule is O=[N+]([O-])c1cc(NC2C=CC3=Nc4ccccc4SC3=C2)cc([N+](=O)[O-])c1. The second kappa shape index (κ2) is 6.69. The number of hydrogen-bond donors (Lipinski definition) is 1. The summed E-state index contributed by atoms with van der Waals surface area (Å²) in [7, 11) is 0. The number of nitrogens with one attached hydrogen (secondary N) is 1. The molecule has 134 valence electrons. The minimum Gasteiger partial charge on any atom is -0.375 e. The van der Waals surface area contributed by atoms with Gasteiger partial charge in [0.25, 0.3) is 11.4 Å². The van der Waals surface area contributed by atoms with Crippen LogP contribution < -0.4 is 5.32 Å². The summed E-state index contributed by atoms with van der Waals surface area (Å²) in [6.07, 6.45) is 5.69. The molecule has 0 radical (unpaired) electrons. The van der Waals surface area contributed by atoms with E-state index >= 15 is 0 Å². The fourth-order valence-corrected chi connectivity index (χ4v) is 3.85. The van der Waals surface area contributed by atoms with Crippen molar-refractivity contribution in [1.29, 1.82) is 0 Å². The van der Waals surface area contributed by atoms with Gasteiger partial charge in [-0.3, -0.25) is 20.2 Å². The van der Waals surface area contributed by atoms with E-state index in [-0.39, 0.29) is 17.4 Å². The molecule has 0 amide bonds. The first-order valence-electron chi connectivity index (χ1n) is 7.96. The van der Waals surface area contributed by atoms with Crippen molar-refractivity contribution in [2.75, 3.05) is 5.32 Å². The number of para-hydroxylation sites is 1. The van der Waals surface area contributed by atoms with Crippen molar-refractivity contribution in [2.24, 2.45) is 4.99 Å². The minimum atomic E-state index is -0.647. The van der Waals surface area contributed by atoms with E-state index in [2.05, 4.69) is 10.3 Å². The molecule has 0 spiro atoms. The van der Waals surface area contributed by atoms with Crippen molar-refractivity contribution in [3.05, 3.63) is 85.8 Å². The van der Waals surface area contributed by atoms with Gasteiger partial charge < -0.3 is 5.32 Å². The van der Waals surface area contributed by atoms with Gasteiger partial charge in [0.1, 0.15) is 0 Å². The molecule has 1 unspecified atom stereocenters. The molecule has 0 fully saturated rings. The number of anilines is 1. The summed E-state index contributed by atoms with van der Waals surface area (Å²) in [5.41, 5.74) is 1.41. The normalized spacial score (nSPS) is 17.3. The lowest BCUT2D eigenvalue weighted by Gasteiger charge is -2.22. The molecule has 27 heavy (non-hydrogen) atoms. The van der Waals surface area contributed by atoms with Gasteiger partial charge in [0.05, 0.1) is 33.4 Å². The molecule has 1 aliphatic heterocycles. The number of rotatable bonds is 4. The van der Waals surface area contributed by atoms with Crippen LogP contribution in [-0.2, 0) is 0 Å². The summed E-state index contributed by atoms with van der Waals surface area (Å²) in [5, 5.41) is 25.2. The van der Waals surface area contributed by atoms with Gasteiger partial charge in [-0.15, -0.1) is 0 Å². The molecule has 0 bridgehead atoms. The first-order chi connectivity index (χ1) is 13.0. The fourth-order valence-electron chi connectivity index (χ4n) is 2.82. The van der Waals surface area contributed by atoms with Gasteiger partial charge in [-0.25, -0.2) is 4.99 Å². The third-order valence-electron chi connectivity index (χ3n) is 4.03. The average Bonchev–Trinajstić information content (AvgIpc) is 2.66. The van der Waals surface area contributed by atoms with Crippen molar-refractivity contribution in [2.45, 2.75) is 10.9 Å². The zero-order valence-electron chi connectivity index (χ0n) is 13.7. The van der Waals surface area contributed by atoms with Gasteiger partial charge in [-0.2, -0.15) is 0 Å². The predicted octanol–water partition coefficient (Wildman–Crippen LogP) is 4.62. The molecule has 2 aromatic rings. The molecule has 1 aliphatic carbocycles. The van der Waals surface area contributed by atoms with Crippen LogP contribution in [0.1, 0.15) is 0 Å². The standard InChI is InChI=1S/C18H12N4O4S/c23-21(24)13-7-12(8-14(10-13)22(25)26)19-11-5-6-16-18(9-11)27-17-4-2-1-3-15(17)20-16/h1-11,19H. The van der Waals surface area contributed by atoms with Gasteiger partial charge >= 0.3 is 0 Å². The largest absolute Gasteiger partial charge is 0.375 e. The Bertz CT molecular complexity index is 1030. The molecular formula is C18H12N4O4S. The van der Waals surface area contributed by atoms with Crippen LogP contribution in [-0.4, -0.2) is 21.6 Å². The number of non-ortho nitro benzene ring substituents is 2. The van der Waals surface area contributed by atoms with Crippen LogP contribution >= 0.6 is 11.8 Å². The first kappa shape index (κ1) is 17.0. The van der Waals surface area contributed by atoms with Crippen LogP contribution in [0.5, 0.6) is 0 Å². The lowest BCUT2D eigenvalue weighted by Crippen LogP contribution is -2.20. The Labute approximate surface area is 157 Å². The van der Waals surface area contributed by atoms with Crippen molar-refractivity contribution in [1.82, 2.24) is 0 Å². The number of nitrogens with zero attached hydrogens (tertiary/aromatic N) is 3. The molecule has 0 saturated carbocycles. The highest BCUT2D eigenvalue weighted by Gasteiger charge is 2.22. The van der Waals surface area contributed by atoms with Crippen molar-refractivity contribution >= 4 is 40.2 Å². The Morgan fingerprint density at radius 2 is 1.74 bits per heavy atom. The Hall–Kier alpha value is -3.46. The highest BCUT2D eigenvalue weighted by molar-refractivity contribution is 8.04. The van der Waals surface area contributed by atoms with Crippen molar-refractivity contribution in [3.63, 3.8) is 0 Å². The molecule has 2 aromatic carbocycles. The molecule has 1 heterocycles. The molecule has 8 nitrogen and oxygen atoms in total. The third-order valence-corrected chi connectivity index (χ3v) is 5.16. The number of allylic oxidation sites excluding steroid dienone is 2. The van der Waals surface area contributed by atoms with Gasteiger partial charge in [0, 0.05) is 27.6 Å². The van der Waals surface area contributed by atoms with Gasteiger partial charge in [0.2, 0.25) is 0 Å². The summed E-state index contributed by atoms with van der Waals surface area (Å²) in [6.45, 7) is 0. The maximum absolute atomic E-state index is 11.0. The Balaban J connectivity index is 1.62. The molecule has 0 saturated heterocycles. The molecule has 1 atom stereocenters. The second-order valence-corrected chi connectivity index (χ2v) is 6.96. The van der Waals surface area contributed by atoms with Crippen LogP contribution in [0.15, 0.2) is 75.5 Å².